The maximum Gasteiger partial charge on any atom is 0.490 e. The minimum absolute atomic E-state index is 0. The molecule has 2 rings (SSSR count). The van der Waals surface area contributed by atoms with Crippen molar-refractivity contribution in [3.63, 3.8) is 0 Å². The van der Waals surface area contributed by atoms with Crippen molar-refractivity contribution in [1.29, 1.82) is 0 Å². The van der Waals surface area contributed by atoms with E-state index in [1.807, 2.05) is 0 Å². The number of nitrogens with zero attached hydrogens (tertiary/aromatic N) is 2. The third kappa shape index (κ3) is 13.1. The maximum atomic E-state index is 11.8. The molecule has 170 valence electrons. The molecule has 1 aromatic rings. The van der Waals surface area contributed by atoms with E-state index in [0.29, 0.717) is 0 Å². The van der Waals surface area contributed by atoms with E-state index in [2.05, 4.69) is 18.1 Å². The van der Waals surface area contributed by atoms with Crippen LogP contribution in [0.4, 0.5) is 5.82 Å². The third-order valence-corrected chi connectivity index (χ3v) is 7.08. The second-order valence-electron chi connectivity index (χ2n) is 5.48. The van der Waals surface area contributed by atoms with Crippen molar-refractivity contribution in [2.75, 3.05) is 12.3 Å². The van der Waals surface area contributed by atoms with Crippen molar-refractivity contribution >= 4 is 148 Å². The number of phosphoric acid groups is 3. The molecule has 1 fully saturated rings. The molecule has 33 heavy (non-hydrogen) atoms. The number of aromatic nitrogens is 2. The minimum Gasteiger partial charge on any atom is -0.387 e. The largest absolute Gasteiger partial charge is 0.490 e. The molecule has 0 aliphatic carbocycles. The normalized spacial score (nSPS) is 25.8. The first-order valence-electron chi connectivity index (χ1n) is 7.25. The Hall–Kier alpha value is 2.97. The molecule has 6 atom stereocenters. The van der Waals surface area contributed by atoms with Crippen LogP contribution >= 0.6 is 23.5 Å². The molecule has 4 radical (unpaired) electrons. The SMILES string of the molecule is Nc1ccn(C2OC(COP(=O)(O)OP(=O)(O)OP(=O)(O)O)C(O)C2O)c(=O)n1.[Na].[Na].[Na].[Na]. The van der Waals surface area contributed by atoms with Crippen LogP contribution in [0, 0.1) is 0 Å². The summed E-state index contributed by atoms with van der Waals surface area (Å²) in [5, 5.41) is 20.0. The van der Waals surface area contributed by atoms with Gasteiger partial charge in [0.2, 0.25) is 0 Å². The Kier molecular flexibility index (Phi) is 19.8. The summed E-state index contributed by atoms with van der Waals surface area (Å²) < 4.78 is 50.8. The Bertz CT molecular complexity index is 963. The van der Waals surface area contributed by atoms with Gasteiger partial charge in [-0.15, -0.1) is 0 Å². The fraction of sp³-hybridized carbons (Fsp3) is 0.556. The molecular formula is C9H16N3Na4O14P3. The Morgan fingerprint density at radius 3 is 2.03 bits per heavy atom. The van der Waals surface area contributed by atoms with Gasteiger partial charge in [0.15, 0.2) is 6.23 Å². The second kappa shape index (κ2) is 16.2. The van der Waals surface area contributed by atoms with Crippen LogP contribution in [0.2, 0.25) is 0 Å². The number of anilines is 1. The second-order valence-corrected chi connectivity index (χ2v) is 9.90. The van der Waals surface area contributed by atoms with Crippen molar-refractivity contribution in [3.8, 4) is 0 Å². The number of rotatable bonds is 8. The third-order valence-electron chi connectivity index (χ3n) is 3.28. The zero-order chi connectivity index (χ0) is 22.2. The monoisotopic (exact) mass is 575 g/mol. The molecule has 2 heterocycles. The summed E-state index contributed by atoms with van der Waals surface area (Å²) >= 11 is 0. The minimum atomic E-state index is -5.71. The predicted octanol–water partition coefficient (Wildman–Crippen LogP) is -3.74. The van der Waals surface area contributed by atoms with Crippen LogP contribution in [0.25, 0.3) is 0 Å². The molecular weight excluding hydrogens is 559 g/mol. The molecule has 6 unspecified atom stereocenters. The fourth-order valence-corrected chi connectivity index (χ4v) is 5.22. The van der Waals surface area contributed by atoms with E-state index < -0.39 is 60.3 Å². The fourth-order valence-electron chi connectivity index (χ4n) is 2.19. The number of hydrogen-bond donors (Lipinski definition) is 7. The van der Waals surface area contributed by atoms with Crippen molar-refractivity contribution in [2.45, 2.75) is 24.5 Å². The zero-order valence-corrected chi connectivity index (χ0v) is 28.6. The molecule has 17 nitrogen and oxygen atoms in total. The number of hydrogen-bond acceptors (Lipinski definition) is 12. The van der Waals surface area contributed by atoms with Crippen LogP contribution < -0.4 is 11.4 Å². The van der Waals surface area contributed by atoms with Gasteiger partial charge >= 0.3 is 29.2 Å². The van der Waals surface area contributed by atoms with Gasteiger partial charge in [-0.05, 0) is 6.07 Å². The van der Waals surface area contributed by atoms with Crippen LogP contribution in [0.5, 0.6) is 0 Å². The van der Waals surface area contributed by atoms with Gasteiger partial charge in [-0.3, -0.25) is 9.09 Å². The van der Waals surface area contributed by atoms with Crippen LogP contribution in [-0.2, 0) is 31.6 Å². The van der Waals surface area contributed by atoms with E-state index >= 15 is 0 Å². The number of aliphatic hydroxyl groups excluding tert-OH is 2. The van der Waals surface area contributed by atoms with Gasteiger partial charge < -0.3 is 40.3 Å². The molecule has 24 heteroatoms. The molecule has 0 spiro atoms. The van der Waals surface area contributed by atoms with E-state index in [9.17, 15) is 33.6 Å². The zero-order valence-electron chi connectivity index (χ0n) is 17.9. The first-order chi connectivity index (χ1) is 13.1. The van der Waals surface area contributed by atoms with Gasteiger partial charge in [-0.1, -0.05) is 0 Å². The number of ether oxygens (including phenoxy) is 1. The van der Waals surface area contributed by atoms with E-state index in [1.165, 1.54) is 6.07 Å². The predicted molar refractivity (Wildman–Crippen MR) is 112 cm³/mol. The van der Waals surface area contributed by atoms with Crippen LogP contribution in [0.3, 0.4) is 0 Å². The number of aliphatic hydroxyl groups is 2. The summed E-state index contributed by atoms with van der Waals surface area (Å²) in [6, 6.07) is 1.20. The molecule has 0 aromatic carbocycles. The smallest absolute Gasteiger partial charge is 0.387 e. The van der Waals surface area contributed by atoms with Crippen LogP contribution in [-0.4, -0.2) is 182 Å². The molecule has 0 saturated carbocycles. The van der Waals surface area contributed by atoms with Gasteiger partial charge in [0.25, 0.3) is 0 Å². The molecule has 1 aliphatic rings. The number of nitrogens with two attached hydrogens (primary N) is 1. The first-order valence-corrected chi connectivity index (χ1v) is 11.8. The summed E-state index contributed by atoms with van der Waals surface area (Å²) in [4.78, 5) is 50.5. The molecule has 1 saturated heterocycles. The Balaban J connectivity index is -0.00000225. The molecule has 0 amide bonds. The summed E-state index contributed by atoms with van der Waals surface area (Å²) in [7, 11) is -16.7. The van der Waals surface area contributed by atoms with Gasteiger partial charge in [0.05, 0.1) is 6.61 Å². The number of phosphoric ester groups is 1. The summed E-state index contributed by atoms with van der Waals surface area (Å²) in [6.45, 7) is -1.02. The van der Waals surface area contributed by atoms with Gasteiger partial charge in [-0.2, -0.15) is 13.6 Å². The summed E-state index contributed by atoms with van der Waals surface area (Å²) in [5.41, 5.74) is 4.39. The van der Waals surface area contributed by atoms with E-state index in [1.54, 1.807) is 0 Å². The van der Waals surface area contributed by atoms with Crippen LogP contribution in [0.1, 0.15) is 6.23 Å². The maximum absolute atomic E-state index is 11.8. The topological polar surface area (TPSA) is 270 Å². The quantitative estimate of drug-likeness (QED) is 0.116. The molecule has 0 bridgehead atoms. The van der Waals surface area contributed by atoms with Gasteiger partial charge in [-0.25, -0.2) is 18.5 Å². The molecule has 8 N–H and O–H groups in total. The van der Waals surface area contributed by atoms with Crippen molar-refractivity contribution in [3.05, 3.63) is 22.7 Å². The average molecular weight is 575 g/mol. The molecule has 1 aliphatic heterocycles. The summed E-state index contributed by atoms with van der Waals surface area (Å²) in [5.74, 6) is -0.122. The Labute approximate surface area is 274 Å². The summed E-state index contributed by atoms with van der Waals surface area (Å²) in [6.07, 6.45) is -5.38. The number of nitrogen functional groups attached to an aromatic ring is 1. The van der Waals surface area contributed by atoms with Crippen molar-refractivity contribution < 1.29 is 61.4 Å². The Morgan fingerprint density at radius 1 is 1.00 bits per heavy atom. The van der Waals surface area contributed by atoms with E-state index in [-0.39, 0.29) is 124 Å². The van der Waals surface area contributed by atoms with Gasteiger partial charge in [0, 0.05) is 124 Å². The van der Waals surface area contributed by atoms with Crippen molar-refractivity contribution in [2.24, 2.45) is 0 Å². The average Bonchev–Trinajstić information content (AvgIpc) is 2.78. The van der Waals surface area contributed by atoms with Gasteiger partial charge in [0.1, 0.15) is 24.1 Å². The molecule has 1 aromatic heterocycles. The first kappa shape index (κ1) is 40.5. The van der Waals surface area contributed by atoms with E-state index in [0.717, 1.165) is 10.8 Å². The Morgan fingerprint density at radius 2 is 1.55 bits per heavy atom. The van der Waals surface area contributed by atoms with Crippen LogP contribution in [0.15, 0.2) is 17.1 Å². The standard InChI is InChI=1S/C9H16N3O14P3.4Na/c10-5-1-2-12(9(15)11-5)8-7(14)6(13)4(24-8)3-23-28(19,20)26-29(21,22)25-27(16,17)18;;;;/h1-2,4,6-8,13-14H,3H2,(H,19,20)(H,21,22)(H2,10,11,15)(H2,16,17,18);;;;. The van der Waals surface area contributed by atoms with Crippen molar-refractivity contribution in [1.82, 2.24) is 9.55 Å². The van der Waals surface area contributed by atoms with E-state index in [4.69, 9.17) is 25.2 Å².